The third-order valence-electron chi connectivity index (χ3n) is 5.59. The predicted molar refractivity (Wildman–Crippen MR) is 143 cm³/mol. The zero-order valence-corrected chi connectivity index (χ0v) is 23.7. The van der Waals surface area contributed by atoms with Gasteiger partial charge in [0.1, 0.15) is 12.6 Å². The summed E-state index contributed by atoms with van der Waals surface area (Å²) in [7, 11) is -4.28. The fraction of sp³-hybridized carbons (Fsp3) is 0.440. The predicted octanol–water partition coefficient (Wildman–Crippen LogP) is 5.36. The van der Waals surface area contributed by atoms with Crippen LogP contribution >= 0.6 is 23.2 Å². The molecule has 0 bridgehead atoms. The Morgan fingerprint density at radius 2 is 1.68 bits per heavy atom. The minimum Gasteiger partial charge on any atom is -0.354 e. The van der Waals surface area contributed by atoms with Crippen LogP contribution in [0.5, 0.6) is 0 Å². The van der Waals surface area contributed by atoms with Gasteiger partial charge in [-0.3, -0.25) is 13.9 Å². The van der Waals surface area contributed by atoms with Gasteiger partial charge in [-0.05, 0) is 42.2 Å². The van der Waals surface area contributed by atoms with E-state index in [1.165, 1.54) is 4.90 Å². The Kier molecular flexibility index (Phi) is 10.9. The molecule has 0 radical (unpaired) electrons. The number of amides is 2. The number of halogens is 5. The van der Waals surface area contributed by atoms with E-state index in [0.29, 0.717) is 33.6 Å². The summed E-state index contributed by atoms with van der Waals surface area (Å²) in [5, 5.41) is 2.80. The summed E-state index contributed by atoms with van der Waals surface area (Å²) in [6.07, 6.45) is -3.84. The van der Waals surface area contributed by atoms with E-state index < -0.39 is 51.9 Å². The molecule has 13 heteroatoms. The van der Waals surface area contributed by atoms with Gasteiger partial charge >= 0.3 is 6.18 Å². The summed E-state index contributed by atoms with van der Waals surface area (Å²) in [4.78, 5) is 27.9. The van der Waals surface area contributed by atoms with Crippen molar-refractivity contribution in [2.45, 2.75) is 46.0 Å². The van der Waals surface area contributed by atoms with Gasteiger partial charge < -0.3 is 10.2 Å². The molecule has 2 amide bonds. The molecule has 0 heterocycles. The van der Waals surface area contributed by atoms with E-state index in [1.807, 2.05) is 13.8 Å². The molecule has 1 N–H and O–H groups in total. The standard InChI is InChI=1S/C25H30Cl2F3N3O4S/c1-5-21(24(35)31-13-16(2)3)32(14-17-8-6-7-9-19(17)26)23(34)15-33(38(4,36)37)22-12-18(25(28,29)30)10-11-20(22)27/h6-12,16,21H,5,13-15H2,1-4H3,(H,31,35). The molecule has 0 aliphatic rings. The Labute approximate surface area is 230 Å². The fourth-order valence-electron chi connectivity index (χ4n) is 3.63. The second-order valence-electron chi connectivity index (χ2n) is 9.11. The van der Waals surface area contributed by atoms with Gasteiger partial charge in [0.05, 0.1) is 22.5 Å². The summed E-state index contributed by atoms with van der Waals surface area (Å²) >= 11 is 12.4. The average Bonchev–Trinajstić information content (AvgIpc) is 2.81. The van der Waals surface area contributed by atoms with Crippen LogP contribution in [0.15, 0.2) is 42.5 Å². The maximum absolute atomic E-state index is 13.7. The molecule has 0 aliphatic carbocycles. The molecule has 0 fully saturated rings. The molecule has 0 spiro atoms. The van der Waals surface area contributed by atoms with Crippen LogP contribution in [0, 0.1) is 5.92 Å². The maximum atomic E-state index is 13.7. The van der Waals surface area contributed by atoms with E-state index in [-0.39, 0.29) is 23.9 Å². The van der Waals surface area contributed by atoms with Gasteiger partial charge in [-0.2, -0.15) is 13.2 Å². The lowest BCUT2D eigenvalue weighted by molar-refractivity contribution is -0.140. The highest BCUT2D eigenvalue weighted by atomic mass is 35.5. The van der Waals surface area contributed by atoms with E-state index >= 15 is 0 Å². The average molecular weight is 596 g/mol. The number of benzene rings is 2. The summed E-state index contributed by atoms with van der Waals surface area (Å²) in [5.41, 5.74) is -1.14. The van der Waals surface area contributed by atoms with Crippen LogP contribution in [0.4, 0.5) is 18.9 Å². The van der Waals surface area contributed by atoms with E-state index in [0.717, 1.165) is 12.3 Å². The van der Waals surface area contributed by atoms with Crippen molar-refractivity contribution in [1.29, 1.82) is 0 Å². The Morgan fingerprint density at radius 1 is 1.05 bits per heavy atom. The number of nitrogens with one attached hydrogen (secondary N) is 1. The molecule has 210 valence electrons. The molecule has 2 rings (SSSR count). The molecule has 0 aliphatic heterocycles. The number of rotatable bonds is 11. The van der Waals surface area contributed by atoms with Crippen molar-refractivity contribution in [1.82, 2.24) is 10.2 Å². The third kappa shape index (κ3) is 8.51. The van der Waals surface area contributed by atoms with Gasteiger partial charge in [0.25, 0.3) is 0 Å². The van der Waals surface area contributed by atoms with Crippen LogP contribution in [0.3, 0.4) is 0 Å². The van der Waals surface area contributed by atoms with Crippen LogP contribution in [-0.2, 0) is 32.3 Å². The maximum Gasteiger partial charge on any atom is 0.416 e. The van der Waals surface area contributed by atoms with Gasteiger partial charge in [0.15, 0.2) is 0 Å². The number of sulfonamides is 1. The topological polar surface area (TPSA) is 86.8 Å². The molecule has 1 atom stereocenters. The zero-order valence-electron chi connectivity index (χ0n) is 21.4. The quantitative estimate of drug-likeness (QED) is 0.379. The molecular formula is C25H30Cl2F3N3O4S. The second-order valence-corrected chi connectivity index (χ2v) is 11.8. The minimum absolute atomic E-state index is 0.132. The van der Waals surface area contributed by atoms with Crippen LogP contribution in [0.2, 0.25) is 10.0 Å². The van der Waals surface area contributed by atoms with E-state index in [1.54, 1.807) is 31.2 Å². The van der Waals surface area contributed by atoms with Crippen molar-refractivity contribution in [3.63, 3.8) is 0 Å². The first-order valence-electron chi connectivity index (χ1n) is 11.7. The van der Waals surface area contributed by atoms with Gasteiger partial charge in [0.2, 0.25) is 21.8 Å². The van der Waals surface area contributed by atoms with E-state index in [2.05, 4.69) is 5.32 Å². The first-order valence-corrected chi connectivity index (χ1v) is 14.3. The lowest BCUT2D eigenvalue weighted by atomic mass is 10.1. The highest BCUT2D eigenvalue weighted by molar-refractivity contribution is 7.92. The summed E-state index contributed by atoms with van der Waals surface area (Å²) in [6, 6.07) is 7.82. The van der Waals surface area contributed by atoms with Crippen molar-refractivity contribution in [3.05, 3.63) is 63.6 Å². The molecule has 7 nitrogen and oxygen atoms in total. The third-order valence-corrected chi connectivity index (χ3v) is 7.41. The first-order chi connectivity index (χ1) is 17.6. The number of carbonyl (C=O) groups excluding carboxylic acids is 2. The molecule has 0 saturated carbocycles. The molecule has 1 unspecified atom stereocenters. The summed E-state index contributed by atoms with van der Waals surface area (Å²) in [6.45, 7) is 4.80. The fourth-order valence-corrected chi connectivity index (χ4v) is 4.95. The highest BCUT2D eigenvalue weighted by Crippen LogP contribution is 2.36. The molecule has 0 saturated heterocycles. The van der Waals surface area contributed by atoms with Crippen LogP contribution in [-0.4, -0.2) is 50.5 Å². The van der Waals surface area contributed by atoms with Gasteiger partial charge in [-0.1, -0.05) is 62.2 Å². The number of alkyl halides is 3. The normalized spacial score (nSPS) is 12.8. The second kappa shape index (κ2) is 13.0. The van der Waals surface area contributed by atoms with E-state index in [4.69, 9.17) is 23.2 Å². The summed E-state index contributed by atoms with van der Waals surface area (Å²) in [5.74, 6) is -1.15. The molecular weight excluding hydrogens is 566 g/mol. The number of hydrogen-bond acceptors (Lipinski definition) is 4. The van der Waals surface area contributed by atoms with Crippen LogP contribution in [0.1, 0.15) is 38.3 Å². The Hall–Kier alpha value is -2.50. The Balaban J connectivity index is 2.54. The van der Waals surface area contributed by atoms with Crippen LogP contribution in [0.25, 0.3) is 0 Å². The van der Waals surface area contributed by atoms with Crippen LogP contribution < -0.4 is 9.62 Å². The van der Waals surface area contributed by atoms with Crippen molar-refractivity contribution in [2.75, 3.05) is 23.7 Å². The largest absolute Gasteiger partial charge is 0.416 e. The number of nitrogens with zero attached hydrogens (tertiary/aromatic N) is 2. The van der Waals surface area contributed by atoms with Crippen molar-refractivity contribution in [3.8, 4) is 0 Å². The molecule has 2 aromatic rings. The molecule has 2 aromatic carbocycles. The monoisotopic (exact) mass is 595 g/mol. The number of carbonyl (C=O) groups is 2. The minimum atomic E-state index is -4.77. The first kappa shape index (κ1) is 31.7. The SMILES string of the molecule is CCC(C(=O)NCC(C)C)N(Cc1ccccc1Cl)C(=O)CN(c1cc(C(F)(F)F)ccc1Cl)S(C)(=O)=O. The van der Waals surface area contributed by atoms with Gasteiger partial charge in [-0.15, -0.1) is 0 Å². The lowest BCUT2D eigenvalue weighted by Gasteiger charge is -2.33. The van der Waals surface area contributed by atoms with Crippen molar-refractivity contribution in [2.24, 2.45) is 5.92 Å². The van der Waals surface area contributed by atoms with Gasteiger partial charge in [0, 0.05) is 18.1 Å². The smallest absolute Gasteiger partial charge is 0.354 e. The summed E-state index contributed by atoms with van der Waals surface area (Å²) < 4.78 is 65.9. The van der Waals surface area contributed by atoms with Crippen molar-refractivity contribution >= 4 is 50.7 Å². The zero-order chi connectivity index (χ0) is 28.8. The Morgan fingerprint density at radius 3 is 2.21 bits per heavy atom. The number of anilines is 1. The van der Waals surface area contributed by atoms with Crippen molar-refractivity contribution < 1.29 is 31.2 Å². The van der Waals surface area contributed by atoms with Gasteiger partial charge in [-0.25, -0.2) is 8.42 Å². The molecule has 0 aromatic heterocycles. The Bertz CT molecular complexity index is 1260. The highest BCUT2D eigenvalue weighted by Gasteiger charge is 2.35. The van der Waals surface area contributed by atoms with E-state index in [9.17, 15) is 31.2 Å². The molecule has 38 heavy (non-hydrogen) atoms. The number of hydrogen-bond donors (Lipinski definition) is 1. The lowest BCUT2D eigenvalue weighted by Crippen LogP contribution is -2.52.